The van der Waals surface area contributed by atoms with Gasteiger partial charge in [0, 0.05) is 20.3 Å². The molecule has 0 aliphatic carbocycles. The van der Waals surface area contributed by atoms with Crippen LogP contribution in [0.5, 0.6) is 0 Å². The van der Waals surface area contributed by atoms with E-state index >= 15 is 0 Å². The Kier molecular flexibility index (Phi) is 4.74. The molecule has 4 nitrogen and oxygen atoms in total. The Hall–Kier alpha value is -0.610. The third-order valence-electron chi connectivity index (χ3n) is 3.15. The van der Waals surface area contributed by atoms with E-state index < -0.39 is 0 Å². The number of hydrogen-bond acceptors (Lipinski definition) is 3. The topological polar surface area (TPSA) is 41.6 Å². The number of amides is 1. The largest absolute Gasteiger partial charge is 0.385 e. The molecule has 1 rings (SSSR count). The van der Waals surface area contributed by atoms with Crippen LogP contribution in [0.15, 0.2) is 0 Å². The molecule has 0 bridgehead atoms. The highest BCUT2D eigenvalue weighted by Crippen LogP contribution is 2.24. The minimum atomic E-state index is 0.116. The second-order valence-electron chi connectivity index (χ2n) is 5.23. The number of hydrogen-bond donors (Lipinski definition) is 1. The summed E-state index contributed by atoms with van der Waals surface area (Å²) in [6, 6.07) is 0. The first-order valence-corrected chi connectivity index (χ1v) is 6.02. The van der Waals surface area contributed by atoms with Crippen LogP contribution in [-0.2, 0) is 9.53 Å². The van der Waals surface area contributed by atoms with Crippen LogP contribution in [0.4, 0.5) is 0 Å². The fourth-order valence-corrected chi connectivity index (χ4v) is 2.07. The lowest BCUT2D eigenvalue weighted by molar-refractivity contribution is -0.129. The quantitative estimate of drug-likeness (QED) is 0.743. The predicted molar refractivity (Wildman–Crippen MR) is 64.1 cm³/mol. The maximum absolute atomic E-state index is 11.7. The highest BCUT2D eigenvalue weighted by Gasteiger charge is 2.33. The molecule has 1 N–H and O–H groups in total. The number of carbonyl (C=O) groups is 1. The van der Waals surface area contributed by atoms with Crippen molar-refractivity contribution < 1.29 is 9.53 Å². The van der Waals surface area contributed by atoms with E-state index in [-0.39, 0.29) is 17.5 Å². The molecule has 1 amide bonds. The van der Waals surface area contributed by atoms with Gasteiger partial charge in [0.2, 0.25) is 5.91 Å². The Labute approximate surface area is 98.3 Å². The van der Waals surface area contributed by atoms with Crippen LogP contribution in [-0.4, -0.2) is 43.8 Å². The number of carbonyl (C=O) groups excluding carboxylic acids is 1. The van der Waals surface area contributed by atoms with Gasteiger partial charge in [0.05, 0.1) is 12.7 Å². The second kappa shape index (κ2) is 5.64. The summed E-state index contributed by atoms with van der Waals surface area (Å²) in [4.78, 5) is 13.7. The van der Waals surface area contributed by atoms with Crippen molar-refractivity contribution in [1.82, 2.24) is 10.2 Å². The Balaban J connectivity index is 2.53. The van der Waals surface area contributed by atoms with Crippen molar-refractivity contribution in [2.75, 3.05) is 26.8 Å². The average Bonchev–Trinajstić information content (AvgIpc) is 2.57. The molecule has 0 aromatic carbocycles. The third-order valence-corrected chi connectivity index (χ3v) is 3.15. The standard InChI is InChI=1S/C12H24N2O2/c1-5-10-13-8-11(15)14(10)9-12(2,3)6-7-16-4/h10,13H,5-9H2,1-4H3. The van der Waals surface area contributed by atoms with Gasteiger partial charge in [-0.3, -0.25) is 10.1 Å². The van der Waals surface area contributed by atoms with Gasteiger partial charge in [-0.05, 0) is 18.3 Å². The smallest absolute Gasteiger partial charge is 0.237 e. The van der Waals surface area contributed by atoms with Crippen LogP contribution in [0, 0.1) is 5.41 Å². The van der Waals surface area contributed by atoms with Gasteiger partial charge < -0.3 is 9.64 Å². The first kappa shape index (κ1) is 13.5. The van der Waals surface area contributed by atoms with Gasteiger partial charge in [-0.2, -0.15) is 0 Å². The van der Waals surface area contributed by atoms with Gasteiger partial charge >= 0.3 is 0 Å². The zero-order chi connectivity index (χ0) is 12.2. The van der Waals surface area contributed by atoms with Gasteiger partial charge in [-0.1, -0.05) is 20.8 Å². The second-order valence-corrected chi connectivity index (χ2v) is 5.23. The minimum absolute atomic E-state index is 0.116. The zero-order valence-corrected chi connectivity index (χ0v) is 10.9. The number of nitrogens with one attached hydrogen (secondary N) is 1. The Morgan fingerprint density at radius 3 is 2.81 bits per heavy atom. The fraction of sp³-hybridized carbons (Fsp3) is 0.917. The molecule has 16 heavy (non-hydrogen) atoms. The molecule has 0 radical (unpaired) electrons. The molecule has 1 aliphatic heterocycles. The summed E-state index contributed by atoms with van der Waals surface area (Å²) in [7, 11) is 1.72. The lowest BCUT2D eigenvalue weighted by Gasteiger charge is -2.33. The molecule has 0 saturated carbocycles. The Morgan fingerprint density at radius 2 is 2.25 bits per heavy atom. The van der Waals surface area contributed by atoms with E-state index in [4.69, 9.17) is 4.74 Å². The van der Waals surface area contributed by atoms with Crippen LogP contribution in [0.2, 0.25) is 0 Å². The fourth-order valence-electron chi connectivity index (χ4n) is 2.07. The third kappa shape index (κ3) is 3.46. The Morgan fingerprint density at radius 1 is 1.56 bits per heavy atom. The minimum Gasteiger partial charge on any atom is -0.385 e. The SMILES string of the molecule is CCC1NCC(=O)N1CC(C)(C)CCOC. The monoisotopic (exact) mass is 228 g/mol. The summed E-state index contributed by atoms with van der Waals surface area (Å²) < 4.78 is 5.10. The molecular formula is C12H24N2O2. The van der Waals surface area contributed by atoms with Gasteiger partial charge in [0.25, 0.3) is 0 Å². The van der Waals surface area contributed by atoms with Crippen molar-refractivity contribution in [3.8, 4) is 0 Å². The summed E-state index contributed by atoms with van der Waals surface area (Å²) >= 11 is 0. The highest BCUT2D eigenvalue weighted by molar-refractivity contribution is 5.80. The molecule has 94 valence electrons. The summed E-state index contributed by atoms with van der Waals surface area (Å²) in [6.07, 6.45) is 2.16. The molecule has 1 aliphatic rings. The molecule has 4 heteroatoms. The average molecular weight is 228 g/mol. The summed E-state index contributed by atoms with van der Waals surface area (Å²) in [5.74, 6) is 0.220. The highest BCUT2D eigenvalue weighted by atomic mass is 16.5. The molecule has 1 unspecified atom stereocenters. The van der Waals surface area contributed by atoms with Crippen LogP contribution < -0.4 is 5.32 Å². The van der Waals surface area contributed by atoms with E-state index in [1.807, 2.05) is 4.90 Å². The van der Waals surface area contributed by atoms with Gasteiger partial charge in [-0.25, -0.2) is 0 Å². The van der Waals surface area contributed by atoms with Crippen LogP contribution in [0.1, 0.15) is 33.6 Å². The molecule has 1 heterocycles. The predicted octanol–water partition coefficient (Wildman–Crippen LogP) is 1.22. The van der Waals surface area contributed by atoms with E-state index in [1.165, 1.54) is 0 Å². The first-order valence-electron chi connectivity index (χ1n) is 6.02. The number of ether oxygens (including phenoxy) is 1. The lowest BCUT2D eigenvalue weighted by Crippen LogP contribution is -2.43. The molecule has 0 spiro atoms. The normalized spacial score (nSPS) is 21.9. The number of methoxy groups -OCH3 is 1. The number of rotatable bonds is 6. The van der Waals surface area contributed by atoms with Gasteiger partial charge in [0.1, 0.15) is 0 Å². The Bertz CT molecular complexity index is 241. The summed E-state index contributed by atoms with van der Waals surface area (Å²) in [6.45, 7) is 8.51. The van der Waals surface area contributed by atoms with E-state index in [1.54, 1.807) is 7.11 Å². The van der Waals surface area contributed by atoms with Crippen LogP contribution in [0.25, 0.3) is 0 Å². The number of nitrogens with zero attached hydrogens (tertiary/aromatic N) is 1. The maximum Gasteiger partial charge on any atom is 0.237 e. The van der Waals surface area contributed by atoms with E-state index in [0.29, 0.717) is 6.54 Å². The molecule has 1 fully saturated rings. The van der Waals surface area contributed by atoms with E-state index in [0.717, 1.165) is 26.0 Å². The van der Waals surface area contributed by atoms with Gasteiger partial charge in [0.15, 0.2) is 0 Å². The van der Waals surface area contributed by atoms with Gasteiger partial charge in [-0.15, -0.1) is 0 Å². The summed E-state index contributed by atoms with van der Waals surface area (Å²) in [5.41, 5.74) is 0.116. The van der Waals surface area contributed by atoms with Crippen molar-refractivity contribution >= 4 is 5.91 Å². The molecule has 1 atom stereocenters. The lowest BCUT2D eigenvalue weighted by atomic mass is 9.89. The van der Waals surface area contributed by atoms with Crippen molar-refractivity contribution in [3.63, 3.8) is 0 Å². The van der Waals surface area contributed by atoms with Crippen molar-refractivity contribution in [1.29, 1.82) is 0 Å². The molecule has 1 saturated heterocycles. The van der Waals surface area contributed by atoms with Crippen molar-refractivity contribution in [3.05, 3.63) is 0 Å². The van der Waals surface area contributed by atoms with Crippen LogP contribution >= 0.6 is 0 Å². The van der Waals surface area contributed by atoms with Crippen LogP contribution in [0.3, 0.4) is 0 Å². The first-order chi connectivity index (χ1) is 7.50. The van der Waals surface area contributed by atoms with E-state index in [2.05, 4.69) is 26.1 Å². The van der Waals surface area contributed by atoms with Crippen molar-refractivity contribution in [2.24, 2.45) is 5.41 Å². The maximum atomic E-state index is 11.7. The zero-order valence-electron chi connectivity index (χ0n) is 10.9. The molecule has 0 aromatic heterocycles. The molecule has 0 aromatic rings. The molecular weight excluding hydrogens is 204 g/mol. The summed E-state index contributed by atoms with van der Waals surface area (Å²) in [5, 5.41) is 3.23. The van der Waals surface area contributed by atoms with E-state index in [9.17, 15) is 4.79 Å². The van der Waals surface area contributed by atoms with Crippen molar-refractivity contribution in [2.45, 2.75) is 39.8 Å².